The molecule has 4 N–H and O–H groups in total. The van der Waals surface area contributed by atoms with Gasteiger partial charge in [0.2, 0.25) is 0 Å². The summed E-state index contributed by atoms with van der Waals surface area (Å²) in [4.78, 5) is 11.9. The number of furan rings is 1. The van der Waals surface area contributed by atoms with E-state index in [0.717, 1.165) is 12.2 Å². The second-order valence-electron chi connectivity index (χ2n) is 4.14. The molecule has 1 aromatic carbocycles. The van der Waals surface area contributed by atoms with Gasteiger partial charge >= 0.3 is 0 Å². The van der Waals surface area contributed by atoms with Crippen molar-refractivity contribution in [3.63, 3.8) is 0 Å². The molecule has 0 atom stereocenters. The third-order valence-corrected chi connectivity index (χ3v) is 2.78. The molecular weight excluding hydrogens is 258 g/mol. The first-order valence-corrected chi connectivity index (χ1v) is 6.12. The molecule has 104 valence electrons. The third kappa shape index (κ3) is 2.97. The molecule has 6 heteroatoms. The van der Waals surface area contributed by atoms with Crippen molar-refractivity contribution in [3.8, 4) is 0 Å². The topological polar surface area (TPSA) is 101 Å². The molecule has 0 fully saturated rings. The van der Waals surface area contributed by atoms with Gasteiger partial charge in [0.15, 0.2) is 11.6 Å². The van der Waals surface area contributed by atoms with Gasteiger partial charge in [0.25, 0.3) is 5.91 Å². The van der Waals surface area contributed by atoms with Gasteiger partial charge < -0.3 is 20.7 Å². The zero-order chi connectivity index (χ0) is 14.5. The number of carbonyl (C=O) groups excluding carboxylic acids is 1. The number of oxime groups is 1. The van der Waals surface area contributed by atoms with Crippen molar-refractivity contribution < 1.29 is 14.4 Å². The number of aryl methyl sites for hydroxylation is 1. The smallest absolute Gasteiger partial charge is 0.291 e. The zero-order valence-electron chi connectivity index (χ0n) is 11.0. The number of nitrogens with one attached hydrogen (secondary N) is 1. The van der Waals surface area contributed by atoms with Gasteiger partial charge in [-0.25, -0.2) is 0 Å². The van der Waals surface area contributed by atoms with Gasteiger partial charge in [-0.2, -0.15) is 0 Å². The van der Waals surface area contributed by atoms with Gasteiger partial charge in [0.1, 0.15) is 5.76 Å². The summed E-state index contributed by atoms with van der Waals surface area (Å²) in [5, 5.41) is 14.2. The van der Waals surface area contributed by atoms with E-state index < -0.39 is 0 Å². The van der Waals surface area contributed by atoms with Crippen molar-refractivity contribution in [1.82, 2.24) is 0 Å². The average Bonchev–Trinajstić information content (AvgIpc) is 2.96. The number of hydrogen-bond acceptors (Lipinski definition) is 4. The Kier molecular flexibility index (Phi) is 4.05. The van der Waals surface area contributed by atoms with Crippen molar-refractivity contribution in [2.24, 2.45) is 10.9 Å². The van der Waals surface area contributed by atoms with Gasteiger partial charge in [-0.15, -0.1) is 0 Å². The molecule has 0 radical (unpaired) electrons. The maximum Gasteiger partial charge on any atom is 0.291 e. The molecular formula is C14H15N3O3. The van der Waals surface area contributed by atoms with Gasteiger partial charge in [0.05, 0.1) is 0 Å². The van der Waals surface area contributed by atoms with Gasteiger partial charge in [-0.3, -0.25) is 4.79 Å². The quantitative estimate of drug-likeness (QED) is 0.344. The van der Waals surface area contributed by atoms with Crippen LogP contribution in [0.3, 0.4) is 0 Å². The highest BCUT2D eigenvalue weighted by atomic mass is 16.4. The van der Waals surface area contributed by atoms with Crippen LogP contribution in [0.15, 0.2) is 46.0 Å². The number of rotatable bonds is 4. The lowest BCUT2D eigenvalue weighted by Gasteiger charge is -2.04. The summed E-state index contributed by atoms with van der Waals surface area (Å²) in [5.41, 5.74) is 6.62. The van der Waals surface area contributed by atoms with E-state index in [-0.39, 0.29) is 17.5 Å². The second-order valence-corrected chi connectivity index (χ2v) is 4.14. The van der Waals surface area contributed by atoms with Crippen molar-refractivity contribution >= 4 is 17.4 Å². The van der Waals surface area contributed by atoms with E-state index in [1.54, 1.807) is 36.4 Å². The minimum absolute atomic E-state index is 0.0153. The first-order valence-electron chi connectivity index (χ1n) is 6.12. The first-order chi connectivity index (χ1) is 9.63. The van der Waals surface area contributed by atoms with Crippen molar-refractivity contribution in [1.29, 1.82) is 0 Å². The molecule has 0 aliphatic carbocycles. The Morgan fingerprint density at radius 1 is 1.30 bits per heavy atom. The summed E-state index contributed by atoms with van der Waals surface area (Å²) in [6.07, 6.45) is 0.738. The Labute approximate surface area is 115 Å². The van der Waals surface area contributed by atoms with E-state index in [2.05, 4.69) is 10.5 Å². The van der Waals surface area contributed by atoms with Gasteiger partial charge in [-0.1, -0.05) is 12.1 Å². The number of anilines is 1. The van der Waals surface area contributed by atoms with E-state index in [1.807, 2.05) is 6.92 Å². The summed E-state index contributed by atoms with van der Waals surface area (Å²) in [6, 6.07) is 10.0. The van der Waals surface area contributed by atoms with E-state index in [1.165, 1.54) is 0 Å². The van der Waals surface area contributed by atoms with E-state index in [4.69, 9.17) is 15.4 Å². The second kappa shape index (κ2) is 5.92. The molecule has 0 unspecified atom stereocenters. The summed E-state index contributed by atoms with van der Waals surface area (Å²) >= 11 is 0. The van der Waals surface area contributed by atoms with Crippen molar-refractivity contribution in [3.05, 3.63) is 53.5 Å². The number of nitrogens with two attached hydrogens (primary N) is 1. The number of hydrogen-bond donors (Lipinski definition) is 3. The largest absolute Gasteiger partial charge is 0.456 e. The molecule has 20 heavy (non-hydrogen) atoms. The normalized spacial score (nSPS) is 11.3. The summed E-state index contributed by atoms with van der Waals surface area (Å²) in [5.74, 6) is 0.725. The predicted molar refractivity (Wildman–Crippen MR) is 75.0 cm³/mol. The first kappa shape index (κ1) is 13.7. The molecule has 1 amide bonds. The lowest BCUT2D eigenvalue weighted by molar-refractivity contribution is 0.0995. The van der Waals surface area contributed by atoms with Gasteiger partial charge in [0, 0.05) is 17.7 Å². The molecule has 6 nitrogen and oxygen atoms in total. The third-order valence-electron chi connectivity index (χ3n) is 2.78. The molecule has 2 rings (SSSR count). The Bertz CT molecular complexity index is 629. The lowest BCUT2D eigenvalue weighted by Crippen LogP contribution is -2.14. The van der Waals surface area contributed by atoms with Crippen molar-refractivity contribution in [2.45, 2.75) is 13.3 Å². The van der Waals surface area contributed by atoms with E-state index >= 15 is 0 Å². The Morgan fingerprint density at radius 3 is 2.55 bits per heavy atom. The van der Waals surface area contributed by atoms with Crippen LogP contribution in [0.1, 0.15) is 28.8 Å². The summed E-state index contributed by atoms with van der Waals surface area (Å²) in [7, 11) is 0. The molecule has 0 aliphatic rings. The highest BCUT2D eigenvalue weighted by Gasteiger charge is 2.11. The SMILES string of the molecule is CCc1ccc(C(=O)Nc2ccc(C(N)=NO)cc2)o1. The number of amidine groups is 1. The van der Waals surface area contributed by atoms with Crippen LogP contribution in [0.5, 0.6) is 0 Å². The molecule has 1 heterocycles. The molecule has 2 aromatic rings. The Balaban J connectivity index is 2.08. The van der Waals surface area contributed by atoms with Crippen LogP contribution in [0, 0.1) is 0 Å². The van der Waals surface area contributed by atoms with Crippen LogP contribution in [-0.2, 0) is 6.42 Å². The van der Waals surface area contributed by atoms with Crippen LogP contribution in [-0.4, -0.2) is 17.0 Å². The fourth-order valence-electron chi connectivity index (χ4n) is 1.66. The summed E-state index contributed by atoms with van der Waals surface area (Å²) in [6.45, 7) is 1.95. The molecule has 0 bridgehead atoms. The van der Waals surface area contributed by atoms with E-state index in [0.29, 0.717) is 11.3 Å². The van der Waals surface area contributed by atoms with E-state index in [9.17, 15) is 4.79 Å². The van der Waals surface area contributed by atoms with Crippen LogP contribution in [0.25, 0.3) is 0 Å². The highest BCUT2D eigenvalue weighted by Crippen LogP contribution is 2.13. The number of carbonyl (C=O) groups is 1. The van der Waals surface area contributed by atoms with Crippen LogP contribution in [0.2, 0.25) is 0 Å². The molecule has 0 saturated carbocycles. The van der Waals surface area contributed by atoms with Gasteiger partial charge in [-0.05, 0) is 36.4 Å². The average molecular weight is 273 g/mol. The fraction of sp³-hybridized carbons (Fsp3) is 0.143. The fourth-order valence-corrected chi connectivity index (χ4v) is 1.66. The maximum absolute atomic E-state index is 11.9. The van der Waals surface area contributed by atoms with Crippen LogP contribution in [0.4, 0.5) is 5.69 Å². The monoisotopic (exact) mass is 273 g/mol. The highest BCUT2D eigenvalue weighted by molar-refractivity contribution is 6.03. The predicted octanol–water partition coefficient (Wildman–Crippen LogP) is 2.19. The van der Waals surface area contributed by atoms with Crippen molar-refractivity contribution in [2.75, 3.05) is 5.32 Å². The maximum atomic E-state index is 11.9. The number of benzene rings is 1. The molecule has 0 saturated heterocycles. The standard InChI is InChI=1S/C14H15N3O3/c1-2-11-7-8-12(20-11)14(18)16-10-5-3-9(4-6-10)13(15)17-19/h3-8,19H,2H2,1H3,(H2,15,17)(H,16,18). The zero-order valence-corrected chi connectivity index (χ0v) is 11.0. The Morgan fingerprint density at radius 2 is 2.00 bits per heavy atom. The number of amides is 1. The van der Waals surface area contributed by atoms with Crippen LogP contribution >= 0.6 is 0 Å². The Hall–Kier alpha value is -2.76. The minimum Gasteiger partial charge on any atom is -0.456 e. The minimum atomic E-state index is -0.318. The molecule has 0 spiro atoms. The van der Waals surface area contributed by atoms with Crippen LogP contribution < -0.4 is 11.1 Å². The molecule has 0 aliphatic heterocycles. The molecule has 1 aromatic heterocycles. The lowest BCUT2D eigenvalue weighted by atomic mass is 10.2. The summed E-state index contributed by atoms with van der Waals surface area (Å²) < 4.78 is 5.36. The number of nitrogens with zero attached hydrogens (tertiary/aromatic N) is 1.